The maximum absolute atomic E-state index is 10.7. The minimum atomic E-state index is -1.63. The monoisotopic (exact) mass is 164 g/mol. The van der Waals surface area contributed by atoms with E-state index in [1.54, 1.807) is 0 Å². The summed E-state index contributed by atoms with van der Waals surface area (Å²) in [5.41, 5.74) is 0. The number of ketones is 1. The molecule has 3 atom stereocenters. The Morgan fingerprint density at radius 3 is 2.09 bits per heavy atom. The Kier molecular flexibility index (Phi) is 4.20. The van der Waals surface area contributed by atoms with Gasteiger partial charge >= 0.3 is 0 Å². The fourth-order valence-electron chi connectivity index (χ4n) is 0.525. The van der Waals surface area contributed by atoms with Gasteiger partial charge in [-0.1, -0.05) is 0 Å². The fraction of sp³-hybridized carbons (Fsp3) is 0.833. The second-order valence-corrected chi connectivity index (χ2v) is 2.29. The first-order valence-corrected chi connectivity index (χ1v) is 3.19. The van der Waals surface area contributed by atoms with Crippen molar-refractivity contribution in [2.75, 3.05) is 6.61 Å². The van der Waals surface area contributed by atoms with E-state index >= 15 is 0 Å². The zero-order valence-corrected chi connectivity index (χ0v) is 6.14. The second-order valence-electron chi connectivity index (χ2n) is 2.29. The first-order valence-electron chi connectivity index (χ1n) is 3.19. The summed E-state index contributed by atoms with van der Waals surface area (Å²) < 4.78 is 0. The lowest BCUT2D eigenvalue weighted by atomic mass is 10.1. The molecule has 0 aromatic heterocycles. The van der Waals surface area contributed by atoms with Gasteiger partial charge in [0.2, 0.25) is 0 Å². The van der Waals surface area contributed by atoms with Crippen molar-refractivity contribution in [1.29, 1.82) is 0 Å². The molecule has 0 aliphatic rings. The lowest BCUT2D eigenvalue weighted by molar-refractivity contribution is -0.142. The summed E-state index contributed by atoms with van der Waals surface area (Å²) >= 11 is 0. The van der Waals surface area contributed by atoms with Crippen LogP contribution in [0.5, 0.6) is 0 Å². The molecule has 0 saturated heterocycles. The van der Waals surface area contributed by atoms with Crippen LogP contribution in [0.3, 0.4) is 0 Å². The third-order valence-electron chi connectivity index (χ3n) is 1.25. The molecule has 1 unspecified atom stereocenters. The predicted molar refractivity (Wildman–Crippen MR) is 35.8 cm³/mol. The van der Waals surface area contributed by atoms with Crippen LogP contribution in [0.2, 0.25) is 0 Å². The van der Waals surface area contributed by atoms with Crippen molar-refractivity contribution < 1.29 is 25.2 Å². The number of carbonyl (C=O) groups excluding carboxylic acids is 1. The highest BCUT2D eigenvalue weighted by molar-refractivity contribution is 5.87. The van der Waals surface area contributed by atoms with Gasteiger partial charge in [-0.05, 0) is 6.92 Å². The van der Waals surface area contributed by atoms with E-state index in [0.29, 0.717) is 0 Å². The van der Waals surface area contributed by atoms with Crippen molar-refractivity contribution >= 4 is 5.78 Å². The molecule has 0 amide bonds. The number of carbonyl (C=O) groups is 1. The quantitative estimate of drug-likeness (QED) is 0.373. The van der Waals surface area contributed by atoms with Crippen LogP contribution in [-0.2, 0) is 4.79 Å². The van der Waals surface area contributed by atoms with Crippen molar-refractivity contribution in [2.45, 2.75) is 25.2 Å². The highest BCUT2D eigenvalue weighted by Gasteiger charge is 2.26. The van der Waals surface area contributed by atoms with E-state index in [4.69, 9.17) is 20.4 Å². The van der Waals surface area contributed by atoms with Crippen LogP contribution < -0.4 is 0 Å². The maximum Gasteiger partial charge on any atom is 0.194 e. The van der Waals surface area contributed by atoms with Gasteiger partial charge in [-0.15, -0.1) is 0 Å². The van der Waals surface area contributed by atoms with E-state index in [-0.39, 0.29) is 0 Å². The van der Waals surface area contributed by atoms with Crippen molar-refractivity contribution in [1.82, 2.24) is 0 Å². The Hall–Kier alpha value is -0.490. The summed E-state index contributed by atoms with van der Waals surface area (Å²) in [5, 5.41) is 34.4. The number of hydrogen-bond donors (Lipinski definition) is 4. The van der Waals surface area contributed by atoms with Gasteiger partial charge in [0, 0.05) is 0 Å². The van der Waals surface area contributed by atoms with E-state index < -0.39 is 30.7 Å². The summed E-state index contributed by atoms with van der Waals surface area (Å²) in [6, 6.07) is 0. The molecule has 0 fully saturated rings. The van der Waals surface area contributed by atoms with Crippen molar-refractivity contribution in [3.05, 3.63) is 0 Å². The number of aliphatic hydroxyl groups excluding tert-OH is 4. The molecule has 0 radical (unpaired) electrons. The van der Waals surface area contributed by atoms with E-state index in [0.717, 1.165) is 0 Å². The molecule has 4 N–H and O–H groups in total. The standard InChI is InChI=1S/C6H12O5/c1-3(8)5(10)6(11)4(9)2-7/h3-5,7-10H,2H2,1H3/t3?,4-,5+/m0/s1. The van der Waals surface area contributed by atoms with Crippen LogP contribution in [0.1, 0.15) is 6.92 Å². The summed E-state index contributed by atoms with van der Waals surface area (Å²) in [7, 11) is 0. The fourth-order valence-corrected chi connectivity index (χ4v) is 0.525. The molecular weight excluding hydrogens is 152 g/mol. The van der Waals surface area contributed by atoms with E-state index in [1.165, 1.54) is 6.92 Å². The second kappa shape index (κ2) is 4.40. The van der Waals surface area contributed by atoms with Gasteiger partial charge < -0.3 is 20.4 Å². The van der Waals surface area contributed by atoms with Crippen LogP contribution >= 0.6 is 0 Å². The Morgan fingerprint density at radius 2 is 1.82 bits per heavy atom. The van der Waals surface area contributed by atoms with Crippen molar-refractivity contribution in [2.24, 2.45) is 0 Å². The van der Waals surface area contributed by atoms with Crippen molar-refractivity contribution in [3.63, 3.8) is 0 Å². The lowest BCUT2D eigenvalue weighted by Gasteiger charge is -2.14. The Bertz CT molecular complexity index is 133. The Labute approximate surface area is 63.9 Å². The third-order valence-corrected chi connectivity index (χ3v) is 1.25. The zero-order chi connectivity index (χ0) is 9.02. The van der Waals surface area contributed by atoms with E-state index in [2.05, 4.69) is 0 Å². The minimum Gasteiger partial charge on any atom is -0.393 e. The third kappa shape index (κ3) is 2.94. The predicted octanol–water partition coefficient (Wildman–Crippen LogP) is -2.35. The summed E-state index contributed by atoms with van der Waals surface area (Å²) in [5.74, 6) is -0.970. The van der Waals surface area contributed by atoms with Gasteiger partial charge in [-0.3, -0.25) is 4.79 Å². The highest BCUT2D eigenvalue weighted by Crippen LogP contribution is 1.97. The molecule has 0 aliphatic carbocycles. The summed E-state index contributed by atoms with van der Waals surface area (Å²) in [6.07, 6.45) is -4.47. The average molecular weight is 164 g/mol. The molecule has 0 spiro atoms. The largest absolute Gasteiger partial charge is 0.393 e. The molecule has 0 heterocycles. The molecule has 0 rings (SSSR count). The van der Waals surface area contributed by atoms with Gasteiger partial charge in [-0.25, -0.2) is 0 Å². The Morgan fingerprint density at radius 1 is 1.36 bits per heavy atom. The SMILES string of the molecule is CC(O)[C@@H](O)C(=O)[C@@H](O)CO. The van der Waals surface area contributed by atoms with Crippen LogP contribution in [0.4, 0.5) is 0 Å². The molecule has 66 valence electrons. The van der Waals surface area contributed by atoms with Crippen LogP contribution in [0, 0.1) is 0 Å². The van der Waals surface area contributed by atoms with Crippen molar-refractivity contribution in [3.8, 4) is 0 Å². The first-order chi connectivity index (χ1) is 5.00. The number of Topliss-reactive ketones (excluding diaryl/α,β-unsaturated/α-hetero) is 1. The van der Waals surface area contributed by atoms with E-state index in [9.17, 15) is 4.79 Å². The number of hydrogen-bond acceptors (Lipinski definition) is 5. The van der Waals surface area contributed by atoms with Gasteiger partial charge in [-0.2, -0.15) is 0 Å². The lowest BCUT2D eigenvalue weighted by Crippen LogP contribution is -2.40. The number of rotatable bonds is 4. The summed E-state index contributed by atoms with van der Waals surface area (Å²) in [4.78, 5) is 10.7. The molecule has 0 aliphatic heterocycles. The molecule has 0 aromatic rings. The molecule has 5 nitrogen and oxygen atoms in total. The molecule has 0 aromatic carbocycles. The smallest absolute Gasteiger partial charge is 0.194 e. The minimum absolute atomic E-state index is 0.747. The zero-order valence-electron chi connectivity index (χ0n) is 6.14. The molecule has 0 saturated carbocycles. The van der Waals surface area contributed by atoms with Gasteiger partial charge in [0.1, 0.15) is 12.2 Å². The van der Waals surface area contributed by atoms with Crippen LogP contribution in [0.15, 0.2) is 0 Å². The molecular formula is C6H12O5. The van der Waals surface area contributed by atoms with Crippen LogP contribution in [-0.4, -0.2) is 51.1 Å². The molecule has 0 bridgehead atoms. The number of aliphatic hydroxyl groups is 4. The topological polar surface area (TPSA) is 98.0 Å². The van der Waals surface area contributed by atoms with Gasteiger partial charge in [0.05, 0.1) is 12.7 Å². The van der Waals surface area contributed by atoms with E-state index in [1.807, 2.05) is 0 Å². The van der Waals surface area contributed by atoms with Crippen LogP contribution in [0.25, 0.3) is 0 Å². The molecule has 5 heteroatoms. The van der Waals surface area contributed by atoms with Gasteiger partial charge in [0.15, 0.2) is 5.78 Å². The molecule has 11 heavy (non-hydrogen) atoms. The first kappa shape index (κ1) is 10.5. The highest BCUT2D eigenvalue weighted by atomic mass is 16.4. The van der Waals surface area contributed by atoms with Gasteiger partial charge in [0.25, 0.3) is 0 Å². The Balaban J connectivity index is 4.02. The summed E-state index contributed by atoms with van der Waals surface area (Å²) in [6.45, 7) is 0.468. The normalized spacial score (nSPS) is 19.0. The maximum atomic E-state index is 10.7. The average Bonchev–Trinajstić information content (AvgIpc) is 2.00.